The van der Waals surface area contributed by atoms with Crippen LogP contribution in [0.25, 0.3) is 11.0 Å². The normalized spacial score (nSPS) is 13.8. The van der Waals surface area contributed by atoms with E-state index < -0.39 is 0 Å². The van der Waals surface area contributed by atoms with E-state index in [1.54, 1.807) is 13.0 Å². The highest BCUT2D eigenvalue weighted by Gasteiger charge is 2.23. The number of allylic oxidation sites excluding steroid dienone is 1. The molecule has 2 aliphatic rings. The Morgan fingerprint density at radius 2 is 1.82 bits per heavy atom. The van der Waals surface area contributed by atoms with Gasteiger partial charge in [0, 0.05) is 39.1 Å². The van der Waals surface area contributed by atoms with Crippen LogP contribution >= 0.6 is 23.4 Å². The van der Waals surface area contributed by atoms with Crippen molar-refractivity contribution in [3.63, 3.8) is 0 Å². The van der Waals surface area contributed by atoms with E-state index in [1.807, 2.05) is 30.8 Å². The second kappa shape index (κ2) is 12.0. The Morgan fingerprint density at radius 3 is 2.62 bits per heavy atom. The van der Waals surface area contributed by atoms with Crippen LogP contribution in [0.15, 0.2) is 85.2 Å². The first-order valence-electron chi connectivity index (χ1n) is 13.3. The summed E-state index contributed by atoms with van der Waals surface area (Å²) >= 11 is 8.03. The molecule has 6 nitrogen and oxygen atoms in total. The highest BCUT2D eigenvalue weighted by molar-refractivity contribution is 7.99. The van der Waals surface area contributed by atoms with Crippen LogP contribution in [0, 0.1) is 6.92 Å². The molecule has 3 heterocycles. The maximum Gasteiger partial charge on any atom is 0.196 e. The average Bonchev–Trinajstić information content (AvgIpc) is 3.10. The summed E-state index contributed by atoms with van der Waals surface area (Å²) < 4.78 is 11.1. The highest BCUT2D eigenvalue weighted by Crippen LogP contribution is 2.48. The number of hydrogen-bond donors (Lipinski definition) is 1. The number of nitrogens with zero attached hydrogens (tertiary/aromatic N) is 2. The van der Waals surface area contributed by atoms with Crippen molar-refractivity contribution >= 4 is 45.7 Å². The van der Waals surface area contributed by atoms with Crippen molar-refractivity contribution < 1.29 is 14.3 Å². The summed E-state index contributed by atoms with van der Waals surface area (Å²) in [5.41, 5.74) is 4.38. The Morgan fingerprint density at radius 1 is 1.05 bits per heavy atom. The second-order valence-electron chi connectivity index (χ2n) is 10.3. The monoisotopic (exact) mass is 576 g/mol. The number of aryl methyl sites for hydroxylation is 1. The minimum atomic E-state index is -0.232. The van der Waals surface area contributed by atoms with Gasteiger partial charge in [-0.1, -0.05) is 41.6 Å². The Hall–Kier alpha value is -3.39. The summed E-state index contributed by atoms with van der Waals surface area (Å²) in [7, 11) is 4.23. The molecular formula is C32H33ClN2O4S. The minimum Gasteiger partial charge on any atom is -0.507 e. The maximum absolute atomic E-state index is 12.0. The zero-order chi connectivity index (χ0) is 28.4. The van der Waals surface area contributed by atoms with Gasteiger partial charge in [-0.3, -0.25) is 4.79 Å². The molecule has 1 aromatic heterocycles. The SMILES string of the molecule is CC1=CCc2c(cc3oc(C)cc(=O)c3c2O)OC1.CN(C)CCCN1c2ccccc2Sc2ccc(Cl)cc21. The van der Waals surface area contributed by atoms with Gasteiger partial charge in [-0.25, -0.2) is 0 Å². The van der Waals surface area contributed by atoms with Crippen molar-refractivity contribution in [1.29, 1.82) is 0 Å². The van der Waals surface area contributed by atoms with Crippen molar-refractivity contribution in [3.8, 4) is 11.5 Å². The van der Waals surface area contributed by atoms with Gasteiger partial charge in [-0.2, -0.15) is 0 Å². The predicted molar refractivity (Wildman–Crippen MR) is 164 cm³/mol. The fourth-order valence-corrected chi connectivity index (χ4v) is 6.12. The van der Waals surface area contributed by atoms with E-state index in [4.69, 9.17) is 20.8 Å². The minimum absolute atomic E-state index is 0.0350. The number of fused-ring (bicyclic) bond motifs is 4. The number of halogens is 1. The number of benzene rings is 3. The summed E-state index contributed by atoms with van der Waals surface area (Å²) in [5, 5.41) is 11.3. The highest BCUT2D eigenvalue weighted by atomic mass is 35.5. The predicted octanol–water partition coefficient (Wildman–Crippen LogP) is 7.58. The van der Waals surface area contributed by atoms with E-state index in [2.05, 4.69) is 60.3 Å². The first kappa shape index (κ1) is 28.1. The van der Waals surface area contributed by atoms with E-state index in [0.29, 0.717) is 35.7 Å². The molecule has 0 saturated heterocycles. The Kier molecular flexibility index (Phi) is 8.45. The van der Waals surface area contributed by atoms with E-state index in [1.165, 1.54) is 27.2 Å². The molecule has 0 bridgehead atoms. The molecule has 1 N–H and O–H groups in total. The lowest BCUT2D eigenvalue weighted by molar-refractivity contribution is 0.349. The topological polar surface area (TPSA) is 66.2 Å². The second-order valence-corrected chi connectivity index (χ2v) is 11.9. The van der Waals surface area contributed by atoms with Crippen LogP contribution < -0.4 is 15.1 Å². The third kappa shape index (κ3) is 6.02. The fraction of sp³-hybridized carbons (Fsp3) is 0.281. The molecule has 2 aliphatic heterocycles. The van der Waals surface area contributed by atoms with Crippen molar-refractivity contribution in [3.05, 3.63) is 92.8 Å². The van der Waals surface area contributed by atoms with Gasteiger partial charge in [0.1, 0.15) is 34.8 Å². The number of anilines is 2. The van der Waals surface area contributed by atoms with Crippen LogP contribution in [0.3, 0.4) is 0 Å². The lowest BCUT2D eigenvalue weighted by Crippen LogP contribution is -2.25. The van der Waals surface area contributed by atoms with Gasteiger partial charge in [0.05, 0.1) is 11.4 Å². The van der Waals surface area contributed by atoms with Crippen LogP contribution in [-0.2, 0) is 6.42 Å². The first-order chi connectivity index (χ1) is 19.2. The number of hydrogen-bond acceptors (Lipinski definition) is 7. The molecule has 0 atom stereocenters. The zero-order valence-corrected chi connectivity index (χ0v) is 24.7. The lowest BCUT2D eigenvalue weighted by Gasteiger charge is -2.33. The van der Waals surface area contributed by atoms with Gasteiger partial charge in [0.2, 0.25) is 0 Å². The molecule has 0 radical (unpaired) electrons. The average molecular weight is 577 g/mol. The third-order valence-corrected chi connectivity index (χ3v) is 8.23. The van der Waals surface area contributed by atoms with E-state index >= 15 is 0 Å². The molecule has 0 spiro atoms. The summed E-state index contributed by atoms with van der Waals surface area (Å²) in [6, 6.07) is 17.8. The number of para-hydroxylation sites is 1. The number of rotatable bonds is 4. The van der Waals surface area contributed by atoms with E-state index in [-0.39, 0.29) is 16.6 Å². The molecule has 0 saturated carbocycles. The van der Waals surface area contributed by atoms with Crippen LogP contribution in [0.4, 0.5) is 11.4 Å². The molecule has 6 rings (SSSR count). The molecule has 40 heavy (non-hydrogen) atoms. The maximum atomic E-state index is 12.0. The molecule has 4 aromatic rings. The molecule has 0 aliphatic carbocycles. The van der Waals surface area contributed by atoms with E-state index in [0.717, 1.165) is 30.1 Å². The first-order valence-corrected chi connectivity index (χ1v) is 14.5. The van der Waals surface area contributed by atoms with Gasteiger partial charge in [0.15, 0.2) is 5.43 Å². The molecular weight excluding hydrogens is 544 g/mol. The lowest BCUT2D eigenvalue weighted by atomic mass is 10.0. The van der Waals surface area contributed by atoms with E-state index in [9.17, 15) is 9.90 Å². The Bertz CT molecular complexity index is 1650. The Balaban J connectivity index is 0.000000162. The molecule has 0 unspecified atom stereocenters. The summed E-state index contributed by atoms with van der Waals surface area (Å²) in [5.74, 6) is 1.05. The van der Waals surface area contributed by atoms with Crippen LogP contribution in [0.5, 0.6) is 11.5 Å². The zero-order valence-electron chi connectivity index (χ0n) is 23.2. The van der Waals surface area contributed by atoms with Crippen molar-refractivity contribution in [2.75, 3.05) is 38.7 Å². The standard InChI is InChI=1S/C17H19ClN2S.C15H14O4/c1-19(2)10-5-11-20-14-6-3-4-7-16(14)21-17-9-8-13(18)12-15(17)20;1-8-3-4-10-12(18-7-8)6-13-14(15(10)17)11(16)5-9(2)19-13/h3-4,6-9,12H,5,10-11H2,1-2H3;3,5-6,17H,4,7H2,1-2H3. The van der Waals surface area contributed by atoms with Crippen LogP contribution in [-0.4, -0.2) is 43.8 Å². The quantitative estimate of drug-likeness (QED) is 0.251. The molecule has 0 fully saturated rings. The fourth-order valence-electron chi connectivity index (χ4n) is 4.88. The van der Waals surface area contributed by atoms with Gasteiger partial charge in [-0.05, 0) is 83.2 Å². The van der Waals surface area contributed by atoms with Gasteiger partial charge < -0.3 is 24.1 Å². The summed E-state index contributed by atoms with van der Waals surface area (Å²) in [6.07, 6.45) is 3.67. The van der Waals surface area contributed by atoms with Crippen molar-refractivity contribution in [2.24, 2.45) is 0 Å². The molecule has 208 valence electrons. The number of ether oxygens (including phenoxy) is 1. The molecule has 0 amide bonds. The summed E-state index contributed by atoms with van der Waals surface area (Å²) in [6.45, 7) is 6.24. The number of aromatic hydroxyl groups is 1. The van der Waals surface area contributed by atoms with Crippen molar-refractivity contribution in [2.45, 2.75) is 36.5 Å². The molecule has 8 heteroatoms. The van der Waals surface area contributed by atoms with Crippen molar-refractivity contribution in [1.82, 2.24) is 4.90 Å². The van der Waals surface area contributed by atoms with Crippen LogP contribution in [0.2, 0.25) is 5.02 Å². The number of phenols is 1. The van der Waals surface area contributed by atoms with Gasteiger partial charge >= 0.3 is 0 Å². The smallest absolute Gasteiger partial charge is 0.196 e. The largest absolute Gasteiger partial charge is 0.507 e. The Labute approximate surface area is 243 Å². The van der Waals surface area contributed by atoms with Gasteiger partial charge in [-0.15, -0.1) is 0 Å². The van der Waals surface area contributed by atoms with Gasteiger partial charge in [0.25, 0.3) is 0 Å². The van der Waals surface area contributed by atoms with Crippen LogP contribution in [0.1, 0.15) is 24.7 Å². The summed E-state index contributed by atoms with van der Waals surface area (Å²) in [4.78, 5) is 19.2. The number of phenolic OH excluding ortho intramolecular Hbond substituents is 1. The third-order valence-electron chi connectivity index (χ3n) is 6.87. The molecule has 3 aromatic carbocycles.